The van der Waals surface area contributed by atoms with Crippen LogP contribution in [-0.4, -0.2) is 20.4 Å². The van der Waals surface area contributed by atoms with E-state index in [1.807, 2.05) is 13.8 Å². The molecule has 1 atom stereocenters. The van der Waals surface area contributed by atoms with Crippen molar-refractivity contribution in [3.8, 4) is 0 Å². The molecular formula is C13H17FN2O3S. The van der Waals surface area contributed by atoms with Crippen molar-refractivity contribution in [1.29, 1.82) is 0 Å². The molecule has 1 aliphatic rings. The molecule has 1 amide bonds. The third-order valence-corrected chi connectivity index (χ3v) is 4.69. The second kappa shape index (κ2) is 4.53. The number of hydrogen-bond donors (Lipinski definition) is 2. The van der Waals surface area contributed by atoms with Crippen molar-refractivity contribution in [2.45, 2.75) is 38.1 Å². The molecule has 0 bridgehead atoms. The van der Waals surface area contributed by atoms with E-state index in [0.29, 0.717) is 0 Å². The molecule has 0 radical (unpaired) electrons. The molecule has 110 valence electrons. The summed E-state index contributed by atoms with van der Waals surface area (Å²) in [6.45, 7) is 5.40. The number of carbonyl (C=O) groups excluding carboxylic acids is 1. The van der Waals surface area contributed by atoms with Crippen LogP contribution in [0, 0.1) is 18.2 Å². The average Bonchev–Trinajstić information content (AvgIpc) is 2.83. The molecule has 5 nitrogen and oxygen atoms in total. The normalized spacial score (nSPS) is 20.6. The van der Waals surface area contributed by atoms with E-state index in [-0.39, 0.29) is 27.5 Å². The molecule has 20 heavy (non-hydrogen) atoms. The fourth-order valence-electron chi connectivity index (χ4n) is 2.08. The standard InChI is InChI=1S/C13H17FN2O3S/c1-7-4-9(14)8(5-10(7)20(15,18)19)12(17)16-11-6-13(11,2)3/h4-5,11H,6H2,1-3H3,(H,16,17)(H2,15,18,19). The minimum absolute atomic E-state index is 0.000390. The van der Waals surface area contributed by atoms with Crippen LogP contribution in [0.25, 0.3) is 0 Å². The maximum absolute atomic E-state index is 13.8. The highest BCUT2D eigenvalue weighted by Gasteiger charge is 2.46. The molecule has 3 N–H and O–H groups in total. The Kier molecular flexibility index (Phi) is 3.38. The SMILES string of the molecule is Cc1cc(F)c(C(=O)NC2CC2(C)C)cc1S(N)(=O)=O. The molecule has 1 aromatic rings. The van der Waals surface area contributed by atoms with Crippen LogP contribution in [0.4, 0.5) is 4.39 Å². The molecular weight excluding hydrogens is 283 g/mol. The van der Waals surface area contributed by atoms with Gasteiger partial charge in [-0.15, -0.1) is 0 Å². The topological polar surface area (TPSA) is 89.3 Å². The van der Waals surface area contributed by atoms with Crippen molar-refractivity contribution >= 4 is 15.9 Å². The van der Waals surface area contributed by atoms with E-state index in [9.17, 15) is 17.6 Å². The molecule has 1 saturated carbocycles. The minimum atomic E-state index is -3.99. The van der Waals surface area contributed by atoms with E-state index in [1.54, 1.807) is 0 Å². The Morgan fingerprint density at radius 1 is 1.45 bits per heavy atom. The molecule has 7 heteroatoms. The van der Waals surface area contributed by atoms with Gasteiger partial charge in [0.15, 0.2) is 0 Å². The number of halogens is 1. The van der Waals surface area contributed by atoms with Crippen LogP contribution in [0.2, 0.25) is 0 Å². The number of nitrogens with two attached hydrogens (primary N) is 1. The van der Waals surface area contributed by atoms with E-state index < -0.39 is 21.7 Å². The summed E-state index contributed by atoms with van der Waals surface area (Å²) in [7, 11) is -3.99. The zero-order chi connectivity index (χ0) is 15.3. The van der Waals surface area contributed by atoms with E-state index in [2.05, 4.69) is 5.32 Å². The lowest BCUT2D eigenvalue weighted by molar-refractivity contribution is 0.0942. The predicted molar refractivity (Wildman–Crippen MR) is 72.2 cm³/mol. The Morgan fingerprint density at radius 2 is 2.00 bits per heavy atom. The quantitative estimate of drug-likeness (QED) is 0.882. The zero-order valence-corrected chi connectivity index (χ0v) is 12.3. The molecule has 1 aromatic carbocycles. The molecule has 0 heterocycles. The third-order valence-electron chi connectivity index (χ3n) is 3.63. The number of nitrogens with one attached hydrogen (secondary N) is 1. The maximum atomic E-state index is 13.8. The summed E-state index contributed by atoms with van der Waals surface area (Å²) < 4.78 is 36.6. The van der Waals surface area contributed by atoms with Crippen LogP contribution in [0.1, 0.15) is 36.2 Å². The molecule has 2 rings (SSSR count). The third kappa shape index (κ3) is 2.83. The van der Waals surface area contributed by atoms with E-state index in [0.717, 1.165) is 18.6 Å². The van der Waals surface area contributed by atoms with Crippen molar-refractivity contribution in [3.63, 3.8) is 0 Å². The average molecular weight is 300 g/mol. The Labute approximate surface area is 117 Å². The van der Waals surface area contributed by atoms with Gasteiger partial charge in [-0.1, -0.05) is 13.8 Å². The first kappa shape index (κ1) is 14.9. The Hall–Kier alpha value is -1.47. The maximum Gasteiger partial charge on any atom is 0.254 e. The largest absolute Gasteiger partial charge is 0.349 e. The molecule has 0 aromatic heterocycles. The summed E-state index contributed by atoms with van der Waals surface area (Å²) >= 11 is 0. The van der Waals surface area contributed by atoms with Crippen molar-refractivity contribution in [2.24, 2.45) is 10.6 Å². The summed E-state index contributed by atoms with van der Waals surface area (Å²) in [6, 6.07) is 1.98. The minimum Gasteiger partial charge on any atom is -0.349 e. The van der Waals surface area contributed by atoms with Crippen molar-refractivity contribution in [2.75, 3.05) is 0 Å². The summed E-state index contributed by atoms with van der Waals surface area (Å²) in [4.78, 5) is 11.8. The second-order valence-electron chi connectivity index (χ2n) is 5.86. The number of carbonyl (C=O) groups is 1. The number of amides is 1. The van der Waals surface area contributed by atoms with Crippen LogP contribution in [0.15, 0.2) is 17.0 Å². The second-order valence-corrected chi connectivity index (χ2v) is 7.39. The van der Waals surface area contributed by atoms with Crippen molar-refractivity contribution < 1.29 is 17.6 Å². The van der Waals surface area contributed by atoms with Gasteiger partial charge in [0.25, 0.3) is 5.91 Å². The number of aryl methyl sites for hydroxylation is 1. The Morgan fingerprint density at radius 3 is 2.45 bits per heavy atom. The van der Waals surface area contributed by atoms with Gasteiger partial charge in [-0.25, -0.2) is 17.9 Å². The lowest BCUT2D eigenvalue weighted by atomic mass is 10.1. The molecule has 1 aliphatic carbocycles. The molecule has 0 saturated heterocycles. The van der Waals surface area contributed by atoms with Gasteiger partial charge >= 0.3 is 0 Å². The van der Waals surface area contributed by atoms with Crippen LogP contribution in [-0.2, 0) is 10.0 Å². The smallest absolute Gasteiger partial charge is 0.254 e. The van der Waals surface area contributed by atoms with Gasteiger partial charge < -0.3 is 5.32 Å². The number of sulfonamides is 1. The monoisotopic (exact) mass is 300 g/mol. The van der Waals surface area contributed by atoms with Crippen LogP contribution in [0.3, 0.4) is 0 Å². The first-order chi connectivity index (χ1) is 9.02. The van der Waals surface area contributed by atoms with E-state index in [1.165, 1.54) is 6.92 Å². The fraction of sp³-hybridized carbons (Fsp3) is 0.462. The van der Waals surface area contributed by atoms with Gasteiger partial charge in [-0.05, 0) is 36.5 Å². The highest BCUT2D eigenvalue weighted by Crippen LogP contribution is 2.44. The Balaban J connectivity index is 2.34. The lowest BCUT2D eigenvalue weighted by Crippen LogP contribution is -2.29. The zero-order valence-electron chi connectivity index (χ0n) is 11.5. The molecule has 1 fully saturated rings. The van der Waals surface area contributed by atoms with Crippen molar-refractivity contribution in [3.05, 3.63) is 29.1 Å². The predicted octanol–water partition coefficient (Wildman–Crippen LogP) is 1.31. The lowest BCUT2D eigenvalue weighted by Gasteiger charge is -2.10. The fourth-order valence-corrected chi connectivity index (χ4v) is 2.87. The van der Waals surface area contributed by atoms with Gasteiger partial charge in [0.1, 0.15) is 5.82 Å². The number of benzene rings is 1. The van der Waals surface area contributed by atoms with Gasteiger partial charge in [-0.2, -0.15) is 0 Å². The van der Waals surface area contributed by atoms with E-state index in [4.69, 9.17) is 5.14 Å². The van der Waals surface area contributed by atoms with Crippen LogP contribution >= 0.6 is 0 Å². The molecule has 1 unspecified atom stereocenters. The van der Waals surface area contributed by atoms with Gasteiger partial charge in [0.2, 0.25) is 10.0 Å². The molecule has 0 spiro atoms. The highest BCUT2D eigenvalue weighted by atomic mass is 32.2. The first-order valence-corrected chi connectivity index (χ1v) is 7.71. The first-order valence-electron chi connectivity index (χ1n) is 6.16. The van der Waals surface area contributed by atoms with Gasteiger partial charge in [0.05, 0.1) is 10.5 Å². The Bertz CT molecular complexity index is 683. The number of hydrogen-bond acceptors (Lipinski definition) is 3. The summed E-state index contributed by atoms with van der Waals surface area (Å²) in [6.07, 6.45) is 0.814. The van der Waals surface area contributed by atoms with Gasteiger partial charge in [0, 0.05) is 6.04 Å². The van der Waals surface area contributed by atoms with Crippen molar-refractivity contribution in [1.82, 2.24) is 5.32 Å². The van der Waals surface area contributed by atoms with E-state index >= 15 is 0 Å². The molecule has 0 aliphatic heterocycles. The van der Waals surface area contributed by atoms with Crippen LogP contribution in [0.5, 0.6) is 0 Å². The van der Waals surface area contributed by atoms with Gasteiger partial charge in [-0.3, -0.25) is 4.79 Å². The highest BCUT2D eigenvalue weighted by molar-refractivity contribution is 7.89. The van der Waals surface area contributed by atoms with Crippen LogP contribution < -0.4 is 10.5 Å². The summed E-state index contributed by atoms with van der Waals surface area (Å²) in [5, 5.41) is 7.74. The number of rotatable bonds is 3. The summed E-state index contributed by atoms with van der Waals surface area (Å²) in [5.74, 6) is -1.38. The summed E-state index contributed by atoms with van der Waals surface area (Å²) in [5.41, 5.74) is -0.129. The number of primary sulfonamides is 1.